The number of nitrogens with zero attached hydrogens (tertiary/aromatic N) is 2. The van der Waals surface area contributed by atoms with E-state index in [0.29, 0.717) is 41.7 Å². The average molecular weight is 509 g/mol. The number of hydrogen-bond donors (Lipinski definition) is 0. The van der Waals surface area contributed by atoms with Gasteiger partial charge in [-0.05, 0) is 54.1 Å². The normalized spacial score (nSPS) is 13.8. The van der Waals surface area contributed by atoms with Gasteiger partial charge in [0.25, 0.3) is 5.91 Å². The lowest BCUT2D eigenvalue weighted by atomic mass is 10.1. The van der Waals surface area contributed by atoms with Gasteiger partial charge in [0.1, 0.15) is 18.0 Å². The first-order chi connectivity index (χ1) is 17.6. The van der Waals surface area contributed by atoms with Gasteiger partial charge in [-0.15, -0.1) is 11.3 Å². The summed E-state index contributed by atoms with van der Waals surface area (Å²) in [6.07, 6.45) is 1.76. The molecule has 5 rings (SSSR count). The molecule has 188 valence electrons. The number of methoxy groups -OCH3 is 2. The topological polar surface area (TPSA) is 77.5 Å². The zero-order chi connectivity index (χ0) is 25.1. The van der Waals surface area contributed by atoms with Gasteiger partial charge in [-0.2, -0.15) is 0 Å². The third-order valence-electron chi connectivity index (χ3n) is 6.28. The first kappa shape index (κ1) is 24.0. The Morgan fingerprint density at radius 3 is 2.56 bits per heavy atom. The van der Waals surface area contributed by atoms with Crippen molar-refractivity contribution < 1.29 is 28.5 Å². The highest BCUT2D eigenvalue weighted by atomic mass is 32.1. The summed E-state index contributed by atoms with van der Waals surface area (Å²) >= 11 is 1.60. The fraction of sp³-hybridized carbons (Fsp3) is 0.333. The molecular formula is C27H28N2O6S. The fourth-order valence-electron chi connectivity index (χ4n) is 4.21. The van der Waals surface area contributed by atoms with Gasteiger partial charge in [0.05, 0.1) is 26.3 Å². The molecule has 0 radical (unpaired) electrons. The lowest BCUT2D eigenvalue weighted by Crippen LogP contribution is -2.43. The van der Waals surface area contributed by atoms with Crippen LogP contribution < -0.4 is 18.9 Å². The highest BCUT2D eigenvalue weighted by Gasteiger charge is 2.36. The van der Waals surface area contributed by atoms with Crippen molar-refractivity contribution in [2.75, 3.05) is 27.6 Å². The van der Waals surface area contributed by atoms with Gasteiger partial charge in [0.15, 0.2) is 11.5 Å². The van der Waals surface area contributed by atoms with Crippen molar-refractivity contribution in [1.29, 1.82) is 0 Å². The van der Waals surface area contributed by atoms with Crippen molar-refractivity contribution in [1.82, 2.24) is 9.80 Å². The van der Waals surface area contributed by atoms with Crippen LogP contribution in [0.25, 0.3) is 0 Å². The fourth-order valence-corrected chi connectivity index (χ4v) is 4.93. The van der Waals surface area contributed by atoms with Crippen LogP contribution in [0.5, 0.6) is 23.0 Å². The van der Waals surface area contributed by atoms with Crippen LogP contribution >= 0.6 is 11.3 Å². The first-order valence-electron chi connectivity index (χ1n) is 11.8. The number of benzene rings is 2. The minimum atomic E-state index is -0.218. The zero-order valence-electron chi connectivity index (χ0n) is 20.3. The Labute approximate surface area is 213 Å². The zero-order valence-corrected chi connectivity index (χ0v) is 21.1. The molecule has 0 bridgehead atoms. The Bertz CT molecular complexity index is 1240. The Kier molecular flexibility index (Phi) is 6.99. The van der Waals surface area contributed by atoms with Crippen molar-refractivity contribution in [3.8, 4) is 23.0 Å². The van der Waals surface area contributed by atoms with Gasteiger partial charge in [0.2, 0.25) is 12.7 Å². The lowest BCUT2D eigenvalue weighted by molar-refractivity contribution is -0.133. The quantitative estimate of drug-likeness (QED) is 0.406. The van der Waals surface area contributed by atoms with E-state index in [2.05, 4.69) is 0 Å². The van der Waals surface area contributed by atoms with E-state index in [1.165, 1.54) is 7.11 Å². The van der Waals surface area contributed by atoms with Crippen molar-refractivity contribution in [3.05, 3.63) is 69.9 Å². The Hall–Kier alpha value is -3.72. The molecular weight excluding hydrogens is 480 g/mol. The van der Waals surface area contributed by atoms with E-state index in [9.17, 15) is 9.59 Å². The predicted molar refractivity (Wildman–Crippen MR) is 135 cm³/mol. The maximum absolute atomic E-state index is 13.7. The summed E-state index contributed by atoms with van der Waals surface area (Å²) in [6, 6.07) is 14.8. The molecule has 3 aromatic rings. The Morgan fingerprint density at radius 2 is 1.83 bits per heavy atom. The lowest BCUT2D eigenvalue weighted by Gasteiger charge is -2.28. The van der Waals surface area contributed by atoms with Gasteiger partial charge in [-0.3, -0.25) is 9.59 Å². The molecule has 2 heterocycles. The van der Waals surface area contributed by atoms with Crippen LogP contribution in [0.15, 0.2) is 53.9 Å². The number of ether oxygens (including phenoxy) is 4. The molecule has 36 heavy (non-hydrogen) atoms. The predicted octanol–water partition coefficient (Wildman–Crippen LogP) is 4.33. The molecule has 8 nitrogen and oxygen atoms in total. The highest BCUT2D eigenvalue weighted by Crippen LogP contribution is 2.34. The number of hydrogen-bond acceptors (Lipinski definition) is 7. The number of carbonyl (C=O) groups excluding carboxylic acids is 2. The number of fused-ring (bicyclic) bond motifs is 1. The maximum Gasteiger partial charge on any atom is 0.258 e. The van der Waals surface area contributed by atoms with E-state index in [1.54, 1.807) is 46.4 Å². The second-order valence-electron chi connectivity index (χ2n) is 8.75. The van der Waals surface area contributed by atoms with Crippen molar-refractivity contribution >= 4 is 23.2 Å². The van der Waals surface area contributed by atoms with Gasteiger partial charge >= 0.3 is 0 Å². The largest absolute Gasteiger partial charge is 0.497 e. The monoisotopic (exact) mass is 508 g/mol. The van der Waals surface area contributed by atoms with Crippen molar-refractivity contribution in [2.45, 2.75) is 32.0 Å². The van der Waals surface area contributed by atoms with Gasteiger partial charge < -0.3 is 28.7 Å². The molecule has 1 aromatic heterocycles. The minimum Gasteiger partial charge on any atom is -0.497 e. The third kappa shape index (κ3) is 5.26. The van der Waals surface area contributed by atoms with Crippen LogP contribution in [-0.2, 0) is 17.9 Å². The number of rotatable bonds is 10. The summed E-state index contributed by atoms with van der Waals surface area (Å²) in [5.74, 6) is 2.07. The molecule has 2 aromatic carbocycles. The second-order valence-corrected chi connectivity index (χ2v) is 9.78. The second kappa shape index (κ2) is 10.5. The Morgan fingerprint density at radius 1 is 1.00 bits per heavy atom. The SMILES string of the molecule is COc1ccc(C(=O)N(CC(=O)N(Cc2ccc3c(c2)OCO3)Cc2cccs2)C2CC2)c(OC)c1. The molecule has 2 aliphatic rings. The third-order valence-corrected chi connectivity index (χ3v) is 7.14. The molecule has 1 saturated carbocycles. The molecule has 0 unspecified atom stereocenters. The maximum atomic E-state index is 13.7. The summed E-state index contributed by atoms with van der Waals surface area (Å²) in [6.45, 7) is 1.05. The van der Waals surface area contributed by atoms with E-state index in [1.807, 2.05) is 35.7 Å². The van der Waals surface area contributed by atoms with E-state index < -0.39 is 0 Å². The van der Waals surface area contributed by atoms with Crippen LogP contribution in [0.3, 0.4) is 0 Å². The van der Waals surface area contributed by atoms with Crippen LogP contribution in [0.2, 0.25) is 0 Å². The summed E-state index contributed by atoms with van der Waals surface area (Å²) in [5, 5.41) is 1.99. The highest BCUT2D eigenvalue weighted by molar-refractivity contribution is 7.09. The molecule has 0 saturated heterocycles. The van der Waals surface area contributed by atoms with Gasteiger partial charge in [-0.25, -0.2) is 0 Å². The van der Waals surface area contributed by atoms with E-state index in [-0.39, 0.29) is 31.2 Å². The molecule has 9 heteroatoms. The van der Waals surface area contributed by atoms with Crippen LogP contribution in [0, 0.1) is 0 Å². The number of amides is 2. The summed E-state index contributed by atoms with van der Waals surface area (Å²) < 4.78 is 21.6. The molecule has 1 aliphatic heterocycles. The number of thiophene rings is 1. The summed E-state index contributed by atoms with van der Waals surface area (Å²) in [5.41, 5.74) is 1.35. The first-order valence-corrected chi connectivity index (χ1v) is 12.7. The van der Waals surface area contributed by atoms with Crippen molar-refractivity contribution in [3.63, 3.8) is 0 Å². The van der Waals surface area contributed by atoms with Crippen LogP contribution in [-0.4, -0.2) is 55.2 Å². The Balaban J connectivity index is 1.37. The summed E-state index contributed by atoms with van der Waals surface area (Å²) in [7, 11) is 3.08. The molecule has 1 aliphatic carbocycles. The molecule has 0 spiro atoms. The van der Waals surface area contributed by atoms with E-state index in [4.69, 9.17) is 18.9 Å². The molecule has 1 fully saturated rings. The van der Waals surface area contributed by atoms with Gasteiger partial charge in [-0.1, -0.05) is 12.1 Å². The van der Waals surface area contributed by atoms with E-state index >= 15 is 0 Å². The van der Waals surface area contributed by atoms with Crippen molar-refractivity contribution in [2.24, 2.45) is 0 Å². The minimum absolute atomic E-state index is 0.00535. The van der Waals surface area contributed by atoms with Crippen LogP contribution in [0.4, 0.5) is 0 Å². The standard InChI is InChI=1S/C27H28N2O6S/c1-32-20-8-9-22(24(13-20)33-2)27(31)29(19-6-7-19)16-26(30)28(15-21-4-3-11-36-21)14-18-5-10-23-25(12-18)35-17-34-23/h3-5,8-13,19H,6-7,14-17H2,1-2H3. The summed E-state index contributed by atoms with van der Waals surface area (Å²) in [4.78, 5) is 31.8. The number of carbonyl (C=O) groups is 2. The van der Waals surface area contributed by atoms with Gasteiger partial charge in [0, 0.05) is 23.5 Å². The smallest absolute Gasteiger partial charge is 0.258 e. The molecule has 2 amide bonds. The average Bonchev–Trinajstić information content (AvgIpc) is 3.40. The molecule has 0 N–H and O–H groups in total. The molecule has 0 atom stereocenters. The van der Waals surface area contributed by atoms with E-state index in [0.717, 1.165) is 23.3 Å². The van der Waals surface area contributed by atoms with Crippen LogP contribution in [0.1, 0.15) is 33.6 Å².